The van der Waals surface area contributed by atoms with Gasteiger partial charge in [-0.15, -0.1) is 0 Å². The van der Waals surface area contributed by atoms with E-state index < -0.39 is 0 Å². The number of amides is 1. The number of hydrogen-bond acceptors (Lipinski definition) is 7. The Morgan fingerprint density at radius 3 is 2.62 bits per heavy atom. The minimum absolute atomic E-state index is 0.0364. The van der Waals surface area contributed by atoms with Gasteiger partial charge in [-0.1, -0.05) is 50.3 Å². The van der Waals surface area contributed by atoms with Crippen molar-refractivity contribution in [3.8, 4) is 11.5 Å². The Bertz CT molecular complexity index is 1190. The second-order valence-electron chi connectivity index (χ2n) is 8.71. The van der Waals surface area contributed by atoms with E-state index in [1.807, 2.05) is 51.1 Å². The van der Waals surface area contributed by atoms with E-state index >= 15 is 0 Å². The molecule has 1 fully saturated rings. The molecule has 1 atom stereocenters. The number of likely N-dealkylation sites (tertiary alicyclic amines) is 1. The first-order valence-electron chi connectivity index (χ1n) is 12.9. The standard InChI is InChI=1S/C27H32N4O4.C2H6/c1-4-26(33)31-11-8-20(9-12-31)35-25-15-21-23(16-24(25)34-3)28-17-29-27(21)30-22(10-13-32)19-7-5-6-18(2)14-19;1-2/h4-7,14-17,20,22,32H,1,8-13H2,2-3H3,(H,28,29,30);1-2H3. The number of aliphatic hydroxyl groups excluding tert-OH is 1. The van der Waals surface area contributed by atoms with Gasteiger partial charge in [0.1, 0.15) is 18.2 Å². The summed E-state index contributed by atoms with van der Waals surface area (Å²) in [5.74, 6) is 1.82. The van der Waals surface area contributed by atoms with Crippen molar-refractivity contribution >= 4 is 22.6 Å². The number of carbonyl (C=O) groups excluding carboxylic acids is 1. The van der Waals surface area contributed by atoms with Crippen LogP contribution in [0.3, 0.4) is 0 Å². The number of anilines is 1. The molecule has 3 aromatic rings. The van der Waals surface area contributed by atoms with Crippen molar-refractivity contribution in [3.05, 3.63) is 66.5 Å². The maximum absolute atomic E-state index is 11.9. The highest BCUT2D eigenvalue weighted by Gasteiger charge is 2.24. The Labute approximate surface area is 219 Å². The van der Waals surface area contributed by atoms with Gasteiger partial charge in [0.2, 0.25) is 5.91 Å². The zero-order valence-corrected chi connectivity index (χ0v) is 22.2. The van der Waals surface area contributed by atoms with E-state index in [1.165, 1.54) is 12.4 Å². The van der Waals surface area contributed by atoms with Crippen LogP contribution in [0.25, 0.3) is 10.9 Å². The third-order valence-corrected chi connectivity index (χ3v) is 6.32. The van der Waals surface area contributed by atoms with Crippen LogP contribution in [0.1, 0.15) is 50.3 Å². The first kappa shape index (κ1) is 27.9. The third kappa shape index (κ3) is 6.98. The number of aliphatic hydroxyl groups is 1. The lowest BCUT2D eigenvalue weighted by Crippen LogP contribution is -2.41. The van der Waals surface area contributed by atoms with Crippen molar-refractivity contribution in [3.63, 3.8) is 0 Å². The van der Waals surface area contributed by atoms with Crippen molar-refractivity contribution < 1.29 is 19.4 Å². The molecule has 1 aliphatic heterocycles. The highest BCUT2D eigenvalue weighted by Crippen LogP contribution is 2.36. The molecule has 2 heterocycles. The molecule has 2 aromatic carbocycles. The smallest absolute Gasteiger partial charge is 0.245 e. The van der Waals surface area contributed by atoms with E-state index in [1.54, 1.807) is 12.0 Å². The number of aryl methyl sites for hydroxylation is 1. The summed E-state index contributed by atoms with van der Waals surface area (Å²) >= 11 is 0. The number of rotatable bonds is 9. The van der Waals surface area contributed by atoms with Crippen molar-refractivity contribution in [2.45, 2.75) is 52.2 Å². The van der Waals surface area contributed by atoms with Gasteiger partial charge < -0.3 is 24.8 Å². The van der Waals surface area contributed by atoms with Gasteiger partial charge in [0.05, 0.1) is 18.7 Å². The second-order valence-corrected chi connectivity index (χ2v) is 8.71. The summed E-state index contributed by atoms with van der Waals surface area (Å²) in [5.41, 5.74) is 2.96. The third-order valence-electron chi connectivity index (χ3n) is 6.32. The number of methoxy groups -OCH3 is 1. The Hall–Kier alpha value is -3.65. The molecule has 1 saturated heterocycles. The first-order chi connectivity index (χ1) is 18.0. The van der Waals surface area contributed by atoms with Crippen LogP contribution in [0.2, 0.25) is 0 Å². The number of carbonyl (C=O) groups is 1. The molecular weight excluding hydrogens is 468 g/mol. The minimum Gasteiger partial charge on any atom is -0.493 e. The molecule has 0 bridgehead atoms. The van der Waals surface area contributed by atoms with Crippen LogP contribution >= 0.6 is 0 Å². The lowest BCUT2D eigenvalue weighted by Gasteiger charge is -2.31. The van der Waals surface area contributed by atoms with Crippen LogP contribution in [-0.2, 0) is 4.79 Å². The summed E-state index contributed by atoms with van der Waals surface area (Å²) in [6.07, 6.45) is 4.82. The zero-order chi connectivity index (χ0) is 26.8. The molecule has 0 radical (unpaired) electrons. The fourth-order valence-electron chi connectivity index (χ4n) is 4.44. The van der Waals surface area contributed by atoms with Gasteiger partial charge in [0, 0.05) is 44.0 Å². The molecule has 1 aliphatic rings. The molecule has 1 aromatic heterocycles. The SMILES string of the molecule is C=CC(=O)N1CCC(Oc2cc3c(NC(CCO)c4cccc(C)c4)ncnc3cc2OC)CC1.CC. The Balaban J connectivity index is 0.00000186. The fraction of sp³-hybridized carbons (Fsp3) is 0.414. The van der Waals surface area contributed by atoms with Gasteiger partial charge >= 0.3 is 0 Å². The molecule has 37 heavy (non-hydrogen) atoms. The van der Waals surface area contributed by atoms with Crippen LogP contribution in [0.4, 0.5) is 5.82 Å². The monoisotopic (exact) mass is 506 g/mol. The molecule has 198 valence electrons. The van der Waals surface area contributed by atoms with Crippen LogP contribution in [-0.4, -0.2) is 58.8 Å². The van der Waals surface area contributed by atoms with Crippen LogP contribution in [0, 0.1) is 6.92 Å². The quantitative estimate of drug-likeness (QED) is 0.391. The van der Waals surface area contributed by atoms with E-state index in [4.69, 9.17) is 9.47 Å². The summed E-state index contributed by atoms with van der Waals surface area (Å²) in [5, 5.41) is 14.0. The molecular formula is C29H38N4O4. The van der Waals surface area contributed by atoms with Crippen molar-refractivity contribution in [1.82, 2.24) is 14.9 Å². The maximum atomic E-state index is 11.9. The number of benzene rings is 2. The zero-order valence-electron chi connectivity index (χ0n) is 22.2. The summed E-state index contributed by atoms with van der Waals surface area (Å²) < 4.78 is 11.9. The van der Waals surface area contributed by atoms with Gasteiger partial charge in [0.15, 0.2) is 11.5 Å². The Kier molecular flexibility index (Phi) is 10.3. The Morgan fingerprint density at radius 1 is 1.22 bits per heavy atom. The highest BCUT2D eigenvalue weighted by atomic mass is 16.5. The number of nitrogens with one attached hydrogen (secondary N) is 1. The lowest BCUT2D eigenvalue weighted by atomic mass is 10.0. The molecule has 0 saturated carbocycles. The molecule has 1 amide bonds. The normalized spacial score (nSPS) is 14.4. The molecule has 2 N–H and O–H groups in total. The van der Waals surface area contributed by atoms with Crippen molar-refractivity contribution in [2.75, 3.05) is 32.1 Å². The van der Waals surface area contributed by atoms with E-state index in [-0.39, 0.29) is 24.7 Å². The molecule has 0 spiro atoms. The van der Waals surface area contributed by atoms with Crippen LogP contribution < -0.4 is 14.8 Å². The van der Waals surface area contributed by atoms with Crippen molar-refractivity contribution in [2.24, 2.45) is 0 Å². The average molecular weight is 507 g/mol. The lowest BCUT2D eigenvalue weighted by molar-refractivity contribution is -0.127. The molecule has 1 unspecified atom stereocenters. The number of piperidine rings is 1. The number of ether oxygens (including phenoxy) is 2. The van der Waals surface area contributed by atoms with E-state index in [9.17, 15) is 9.90 Å². The first-order valence-corrected chi connectivity index (χ1v) is 12.9. The van der Waals surface area contributed by atoms with Crippen molar-refractivity contribution in [1.29, 1.82) is 0 Å². The maximum Gasteiger partial charge on any atom is 0.245 e. The number of fused-ring (bicyclic) bond motifs is 1. The minimum atomic E-state index is -0.115. The van der Waals surface area contributed by atoms with Gasteiger partial charge in [0.25, 0.3) is 0 Å². The van der Waals surface area contributed by atoms with Gasteiger partial charge in [-0.2, -0.15) is 0 Å². The molecule has 8 heteroatoms. The topological polar surface area (TPSA) is 96.8 Å². The van der Waals surface area contributed by atoms with Gasteiger partial charge in [-0.3, -0.25) is 4.79 Å². The van der Waals surface area contributed by atoms with Crippen LogP contribution in [0.15, 0.2) is 55.4 Å². The van der Waals surface area contributed by atoms with Gasteiger partial charge in [-0.25, -0.2) is 9.97 Å². The van der Waals surface area contributed by atoms with Gasteiger partial charge in [-0.05, 0) is 31.1 Å². The Morgan fingerprint density at radius 2 is 1.97 bits per heavy atom. The second kappa shape index (κ2) is 13.6. The highest BCUT2D eigenvalue weighted by molar-refractivity contribution is 5.91. The predicted molar refractivity (Wildman–Crippen MR) is 147 cm³/mol. The number of nitrogens with zero attached hydrogens (tertiary/aromatic N) is 3. The van der Waals surface area contributed by atoms with E-state index in [2.05, 4.69) is 27.9 Å². The average Bonchev–Trinajstić information content (AvgIpc) is 2.93. The summed E-state index contributed by atoms with van der Waals surface area (Å²) in [6, 6.07) is 11.9. The van der Waals surface area contributed by atoms with Crippen LogP contribution in [0.5, 0.6) is 11.5 Å². The molecule has 4 rings (SSSR count). The number of hydrogen-bond donors (Lipinski definition) is 2. The largest absolute Gasteiger partial charge is 0.493 e. The van der Waals surface area contributed by atoms with E-state index in [0.29, 0.717) is 36.8 Å². The fourth-order valence-corrected chi connectivity index (χ4v) is 4.44. The summed E-state index contributed by atoms with van der Waals surface area (Å²) in [4.78, 5) is 22.6. The molecule has 8 nitrogen and oxygen atoms in total. The van der Waals surface area contributed by atoms with E-state index in [0.717, 1.165) is 34.9 Å². The summed E-state index contributed by atoms with van der Waals surface area (Å²) in [7, 11) is 1.61. The molecule has 0 aliphatic carbocycles. The number of aromatic nitrogens is 2. The summed E-state index contributed by atoms with van der Waals surface area (Å²) in [6.45, 7) is 10.9. The predicted octanol–water partition coefficient (Wildman–Crippen LogP) is 5.06.